The normalized spacial score (nSPS) is 10.6. The Bertz CT molecular complexity index is 237. The predicted molar refractivity (Wildman–Crippen MR) is 47.0 cm³/mol. The zero-order chi connectivity index (χ0) is 9.52. The standard InChI is InChI=1S/C8H15N3O2/c1-3-4-12-6-8-10-7(5-9-2)11-13-8/h9H,3-6H2,1-2H3. The fourth-order valence-electron chi connectivity index (χ4n) is 0.883. The maximum Gasteiger partial charge on any atom is 0.252 e. The van der Waals surface area contributed by atoms with Crippen LogP contribution in [0.4, 0.5) is 0 Å². The van der Waals surface area contributed by atoms with Crippen LogP contribution < -0.4 is 5.32 Å². The first kappa shape index (κ1) is 10.1. The number of hydrogen-bond donors (Lipinski definition) is 1. The van der Waals surface area contributed by atoms with E-state index in [2.05, 4.69) is 22.4 Å². The van der Waals surface area contributed by atoms with E-state index in [4.69, 9.17) is 9.26 Å². The molecule has 0 radical (unpaired) electrons. The van der Waals surface area contributed by atoms with Crippen LogP contribution in [-0.4, -0.2) is 23.8 Å². The lowest BCUT2D eigenvalue weighted by Gasteiger charge is -1.95. The first-order chi connectivity index (χ1) is 6.36. The van der Waals surface area contributed by atoms with Gasteiger partial charge < -0.3 is 14.6 Å². The lowest BCUT2D eigenvalue weighted by atomic mass is 10.5. The highest BCUT2D eigenvalue weighted by atomic mass is 16.5. The highest BCUT2D eigenvalue weighted by molar-refractivity contribution is 4.83. The third-order valence-corrected chi connectivity index (χ3v) is 1.42. The molecule has 0 amide bonds. The molecule has 0 saturated heterocycles. The molecule has 5 heteroatoms. The summed E-state index contributed by atoms with van der Waals surface area (Å²) in [5.41, 5.74) is 0. The number of hydrogen-bond acceptors (Lipinski definition) is 5. The van der Waals surface area contributed by atoms with Crippen LogP contribution in [0.5, 0.6) is 0 Å². The van der Waals surface area contributed by atoms with Crippen molar-refractivity contribution >= 4 is 0 Å². The molecule has 0 fully saturated rings. The summed E-state index contributed by atoms with van der Waals surface area (Å²) in [4.78, 5) is 4.11. The highest BCUT2D eigenvalue weighted by Crippen LogP contribution is 1.99. The molecule has 13 heavy (non-hydrogen) atoms. The van der Waals surface area contributed by atoms with Gasteiger partial charge in [0.05, 0.1) is 6.54 Å². The van der Waals surface area contributed by atoms with E-state index in [1.165, 1.54) is 0 Å². The summed E-state index contributed by atoms with van der Waals surface area (Å²) in [6, 6.07) is 0. The minimum absolute atomic E-state index is 0.407. The van der Waals surface area contributed by atoms with Crippen molar-refractivity contribution < 1.29 is 9.26 Å². The first-order valence-corrected chi connectivity index (χ1v) is 4.40. The van der Waals surface area contributed by atoms with Crippen LogP contribution in [0.2, 0.25) is 0 Å². The molecule has 0 aliphatic heterocycles. The Labute approximate surface area is 77.5 Å². The molecular formula is C8H15N3O2. The van der Waals surface area contributed by atoms with Gasteiger partial charge >= 0.3 is 0 Å². The molecule has 0 atom stereocenters. The SMILES string of the molecule is CCCOCc1nc(CNC)no1. The molecule has 0 saturated carbocycles. The summed E-state index contributed by atoms with van der Waals surface area (Å²) < 4.78 is 10.2. The van der Waals surface area contributed by atoms with E-state index < -0.39 is 0 Å². The van der Waals surface area contributed by atoms with Gasteiger partial charge in [0.15, 0.2) is 5.82 Å². The lowest BCUT2D eigenvalue weighted by molar-refractivity contribution is 0.0981. The van der Waals surface area contributed by atoms with E-state index in [0.29, 0.717) is 24.9 Å². The Morgan fingerprint density at radius 2 is 2.38 bits per heavy atom. The summed E-state index contributed by atoms with van der Waals surface area (Å²) in [7, 11) is 1.84. The second kappa shape index (κ2) is 5.66. The van der Waals surface area contributed by atoms with E-state index in [1.54, 1.807) is 0 Å². The summed E-state index contributed by atoms with van der Waals surface area (Å²) >= 11 is 0. The van der Waals surface area contributed by atoms with Crippen molar-refractivity contribution in [2.24, 2.45) is 0 Å². The van der Waals surface area contributed by atoms with Crippen molar-refractivity contribution in [3.63, 3.8) is 0 Å². The Balaban J connectivity index is 2.31. The monoisotopic (exact) mass is 185 g/mol. The topological polar surface area (TPSA) is 60.2 Å². The molecule has 0 bridgehead atoms. The molecule has 1 N–H and O–H groups in total. The van der Waals surface area contributed by atoms with Crippen LogP contribution in [0.15, 0.2) is 4.52 Å². The smallest absolute Gasteiger partial charge is 0.252 e. The Kier molecular flexibility index (Phi) is 4.42. The third kappa shape index (κ3) is 3.52. The van der Waals surface area contributed by atoms with Gasteiger partial charge in [-0.2, -0.15) is 4.98 Å². The molecule has 1 rings (SSSR count). The van der Waals surface area contributed by atoms with Crippen LogP contribution in [0.25, 0.3) is 0 Å². The lowest BCUT2D eigenvalue weighted by Crippen LogP contribution is -2.06. The number of rotatable bonds is 6. The van der Waals surface area contributed by atoms with E-state index in [-0.39, 0.29) is 0 Å². The van der Waals surface area contributed by atoms with Gasteiger partial charge in [0.25, 0.3) is 5.89 Å². The number of nitrogens with one attached hydrogen (secondary N) is 1. The maximum atomic E-state index is 5.24. The number of nitrogens with zero attached hydrogens (tertiary/aromatic N) is 2. The molecule has 5 nitrogen and oxygen atoms in total. The fourth-order valence-corrected chi connectivity index (χ4v) is 0.883. The van der Waals surface area contributed by atoms with Gasteiger partial charge in [-0.15, -0.1) is 0 Å². The van der Waals surface area contributed by atoms with Crippen LogP contribution >= 0.6 is 0 Å². The zero-order valence-corrected chi connectivity index (χ0v) is 8.04. The molecule has 0 aromatic carbocycles. The second-order valence-electron chi connectivity index (χ2n) is 2.69. The second-order valence-corrected chi connectivity index (χ2v) is 2.69. The molecule has 1 heterocycles. The summed E-state index contributed by atoms with van der Waals surface area (Å²) in [6.45, 7) is 3.81. The Morgan fingerprint density at radius 1 is 1.54 bits per heavy atom. The van der Waals surface area contributed by atoms with Crippen molar-refractivity contribution in [1.82, 2.24) is 15.5 Å². The first-order valence-electron chi connectivity index (χ1n) is 4.40. The van der Waals surface area contributed by atoms with Gasteiger partial charge in [0, 0.05) is 6.61 Å². The van der Waals surface area contributed by atoms with Crippen LogP contribution in [0, 0.1) is 0 Å². The predicted octanol–water partition coefficient (Wildman–Crippen LogP) is 0.716. The molecule has 74 valence electrons. The number of ether oxygens (including phenoxy) is 1. The molecular weight excluding hydrogens is 170 g/mol. The van der Waals surface area contributed by atoms with Gasteiger partial charge in [-0.25, -0.2) is 0 Å². The van der Waals surface area contributed by atoms with Crippen molar-refractivity contribution in [2.45, 2.75) is 26.5 Å². The largest absolute Gasteiger partial charge is 0.372 e. The third-order valence-electron chi connectivity index (χ3n) is 1.42. The molecule has 0 spiro atoms. The maximum absolute atomic E-state index is 5.24. The number of aromatic nitrogens is 2. The van der Waals surface area contributed by atoms with E-state index in [9.17, 15) is 0 Å². The van der Waals surface area contributed by atoms with Crippen molar-refractivity contribution in [2.75, 3.05) is 13.7 Å². The Morgan fingerprint density at radius 3 is 3.08 bits per heavy atom. The van der Waals surface area contributed by atoms with Crippen LogP contribution in [0.1, 0.15) is 25.1 Å². The average molecular weight is 185 g/mol. The summed E-state index contributed by atoms with van der Waals surface area (Å²) in [6.07, 6.45) is 0.998. The highest BCUT2D eigenvalue weighted by Gasteiger charge is 2.04. The van der Waals surface area contributed by atoms with Gasteiger partial charge in [-0.3, -0.25) is 0 Å². The van der Waals surface area contributed by atoms with Crippen LogP contribution in [-0.2, 0) is 17.9 Å². The van der Waals surface area contributed by atoms with Crippen molar-refractivity contribution in [3.05, 3.63) is 11.7 Å². The van der Waals surface area contributed by atoms with Crippen molar-refractivity contribution in [3.8, 4) is 0 Å². The van der Waals surface area contributed by atoms with E-state index in [1.807, 2.05) is 7.05 Å². The van der Waals surface area contributed by atoms with Gasteiger partial charge in [-0.1, -0.05) is 12.1 Å². The fraction of sp³-hybridized carbons (Fsp3) is 0.750. The van der Waals surface area contributed by atoms with Gasteiger partial charge in [0.1, 0.15) is 6.61 Å². The average Bonchev–Trinajstić information content (AvgIpc) is 2.54. The minimum Gasteiger partial charge on any atom is -0.372 e. The summed E-state index contributed by atoms with van der Waals surface area (Å²) in [5, 5.41) is 6.69. The zero-order valence-electron chi connectivity index (χ0n) is 8.04. The molecule has 1 aromatic rings. The quantitative estimate of drug-likeness (QED) is 0.661. The molecule has 0 unspecified atom stereocenters. The molecule has 0 aliphatic rings. The minimum atomic E-state index is 0.407. The Hall–Kier alpha value is -0.940. The van der Waals surface area contributed by atoms with E-state index in [0.717, 1.165) is 13.0 Å². The van der Waals surface area contributed by atoms with E-state index >= 15 is 0 Å². The van der Waals surface area contributed by atoms with Gasteiger partial charge in [-0.05, 0) is 13.5 Å². The molecule has 0 aliphatic carbocycles. The summed E-state index contributed by atoms with van der Waals surface area (Å²) in [5.74, 6) is 1.20. The van der Waals surface area contributed by atoms with Gasteiger partial charge in [0.2, 0.25) is 0 Å². The molecule has 1 aromatic heterocycles. The van der Waals surface area contributed by atoms with Crippen LogP contribution in [0.3, 0.4) is 0 Å². The van der Waals surface area contributed by atoms with Crippen molar-refractivity contribution in [1.29, 1.82) is 0 Å².